The number of hydrogen-bond acceptors (Lipinski definition) is 5. The van der Waals surface area contributed by atoms with E-state index in [1.54, 1.807) is 14.0 Å². The van der Waals surface area contributed by atoms with E-state index in [9.17, 15) is 4.79 Å². The Morgan fingerprint density at radius 2 is 1.88 bits per heavy atom. The smallest absolute Gasteiger partial charge is 0.248 e. The number of aromatic nitrogens is 2. The molecule has 0 unspecified atom stereocenters. The Kier molecular flexibility index (Phi) is 4.70. The fourth-order valence-electron chi connectivity index (χ4n) is 2.68. The van der Waals surface area contributed by atoms with Crippen molar-refractivity contribution in [3.8, 4) is 5.75 Å². The molecule has 1 aromatic heterocycles. The predicted octanol–water partition coefficient (Wildman–Crippen LogP) is 3.52. The largest absolute Gasteiger partial charge is 0.497 e. The van der Waals surface area contributed by atoms with Crippen molar-refractivity contribution in [3.63, 3.8) is 0 Å². The number of methoxy groups -OCH3 is 1. The van der Waals surface area contributed by atoms with Gasteiger partial charge in [-0.3, -0.25) is 4.79 Å². The van der Waals surface area contributed by atoms with Crippen molar-refractivity contribution in [2.24, 2.45) is 0 Å². The first-order valence-corrected chi connectivity index (χ1v) is 8.16. The van der Waals surface area contributed by atoms with Crippen LogP contribution in [0.5, 0.6) is 5.75 Å². The highest BCUT2D eigenvalue weighted by Gasteiger charge is 2.21. The highest BCUT2D eigenvalue weighted by Crippen LogP contribution is 2.25. The van der Waals surface area contributed by atoms with Crippen LogP contribution in [0.25, 0.3) is 10.8 Å². The lowest BCUT2D eigenvalue weighted by atomic mass is 9.96. The van der Waals surface area contributed by atoms with Gasteiger partial charge in [0.25, 0.3) is 0 Å². The summed E-state index contributed by atoms with van der Waals surface area (Å²) in [6.07, 6.45) is 0. The van der Waals surface area contributed by atoms with Gasteiger partial charge in [-0.05, 0) is 49.2 Å². The Morgan fingerprint density at radius 3 is 2.56 bits per heavy atom. The summed E-state index contributed by atoms with van der Waals surface area (Å²) in [6.45, 7) is 5.45. The minimum Gasteiger partial charge on any atom is -0.497 e. The molecule has 1 N–H and O–H groups in total. The molecule has 0 aliphatic rings. The number of rotatable bonds is 5. The monoisotopic (exact) mass is 339 g/mol. The first-order chi connectivity index (χ1) is 12.0. The summed E-state index contributed by atoms with van der Waals surface area (Å²) in [4.78, 5) is 16.7. The Hall–Kier alpha value is -2.89. The van der Waals surface area contributed by atoms with Gasteiger partial charge in [0, 0.05) is 0 Å². The van der Waals surface area contributed by atoms with Crippen LogP contribution >= 0.6 is 0 Å². The lowest BCUT2D eigenvalue weighted by Gasteiger charge is -2.16. The second-order valence-corrected chi connectivity index (χ2v) is 6.10. The van der Waals surface area contributed by atoms with Crippen LogP contribution in [-0.4, -0.2) is 23.2 Å². The SMILES string of the molecule is COc1ccc2cc([C@H](C)C(=O)N[C@@H](C)c3nc(C)no3)ccc2c1. The molecule has 0 aliphatic heterocycles. The van der Waals surface area contributed by atoms with E-state index >= 15 is 0 Å². The van der Waals surface area contributed by atoms with Crippen LogP contribution in [0.3, 0.4) is 0 Å². The van der Waals surface area contributed by atoms with Gasteiger partial charge < -0.3 is 14.6 Å². The zero-order chi connectivity index (χ0) is 18.0. The zero-order valence-electron chi connectivity index (χ0n) is 14.7. The highest BCUT2D eigenvalue weighted by molar-refractivity contribution is 5.88. The van der Waals surface area contributed by atoms with Gasteiger partial charge in [-0.1, -0.05) is 29.4 Å². The number of benzene rings is 2. The van der Waals surface area contributed by atoms with Crippen LogP contribution in [0.2, 0.25) is 0 Å². The van der Waals surface area contributed by atoms with Crippen molar-refractivity contribution in [2.45, 2.75) is 32.7 Å². The van der Waals surface area contributed by atoms with Crippen LogP contribution in [0.4, 0.5) is 0 Å². The van der Waals surface area contributed by atoms with Crippen molar-refractivity contribution < 1.29 is 14.1 Å². The molecule has 6 heteroatoms. The van der Waals surface area contributed by atoms with E-state index in [2.05, 4.69) is 15.5 Å². The molecule has 0 spiro atoms. The highest BCUT2D eigenvalue weighted by atomic mass is 16.5. The molecule has 0 fully saturated rings. The molecule has 0 bridgehead atoms. The Labute approximate surface area is 146 Å². The number of amides is 1. The second kappa shape index (κ2) is 6.93. The van der Waals surface area contributed by atoms with Crippen LogP contribution in [0.1, 0.15) is 43.1 Å². The maximum Gasteiger partial charge on any atom is 0.248 e. The van der Waals surface area contributed by atoms with E-state index in [4.69, 9.17) is 9.26 Å². The summed E-state index contributed by atoms with van der Waals surface area (Å²) < 4.78 is 10.3. The van der Waals surface area contributed by atoms with E-state index in [0.717, 1.165) is 22.1 Å². The molecule has 0 aliphatic carbocycles. The van der Waals surface area contributed by atoms with Crippen LogP contribution in [-0.2, 0) is 4.79 Å². The lowest BCUT2D eigenvalue weighted by Crippen LogP contribution is -2.30. The van der Waals surface area contributed by atoms with Crippen molar-refractivity contribution in [1.82, 2.24) is 15.5 Å². The molecule has 0 saturated carbocycles. The van der Waals surface area contributed by atoms with Gasteiger partial charge in [0.1, 0.15) is 11.8 Å². The van der Waals surface area contributed by atoms with Crippen LogP contribution < -0.4 is 10.1 Å². The van der Waals surface area contributed by atoms with Crippen LogP contribution in [0.15, 0.2) is 40.9 Å². The molecular formula is C19H21N3O3. The molecule has 130 valence electrons. The molecule has 25 heavy (non-hydrogen) atoms. The number of hydrogen-bond donors (Lipinski definition) is 1. The van der Waals surface area contributed by atoms with Crippen LogP contribution in [0, 0.1) is 6.92 Å². The molecule has 3 aromatic rings. The van der Waals surface area contributed by atoms with Gasteiger partial charge in [0.2, 0.25) is 11.8 Å². The molecule has 2 aromatic carbocycles. The minimum atomic E-state index is -0.333. The number of ether oxygens (including phenoxy) is 1. The van der Waals surface area contributed by atoms with E-state index < -0.39 is 0 Å². The Bertz CT molecular complexity index is 904. The van der Waals surface area contributed by atoms with Gasteiger partial charge >= 0.3 is 0 Å². The molecule has 1 amide bonds. The third-order valence-electron chi connectivity index (χ3n) is 4.24. The molecule has 6 nitrogen and oxygen atoms in total. The van der Waals surface area contributed by atoms with Gasteiger partial charge in [0.05, 0.1) is 13.0 Å². The normalized spacial score (nSPS) is 13.4. The van der Waals surface area contributed by atoms with Gasteiger partial charge in [0.15, 0.2) is 5.82 Å². The number of nitrogens with zero attached hydrogens (tertiary/aromatic N) is 2. The lowest BCUT2D eigenvalue weighted by molar-refractivity contribution is -0.123. The summed E-state index contributed by atoms with van der Waals surface area (Å²) in [5.41, 5.74) is 0.948. The number of aryl methyl sites for hydroxylation is 1. The standard InChI is InChI=1S/C19H21N3O3/c1-11(18(23)20-12(2)19-21-13(3)22-25-19)14-5-6-16-10-17(24-4)8-7-15(16)9-14/h5-12H,1-4H3,(H,20,23)/t11-,12-/m0/s1. The van der Waals surface area contributed by atoms with E-state index in [1.165, 1.54) is 0 Å². The molecule has 0 radical (unpaired) electrons. The molecule has 2 atom stereocenters. The first-order valence-electron chi connectivity index (χ1n) is 8.16. The van der Waals surface area contributed by atoms with Crippen molar-refractivity contribution in [3.05, 3.63) is 53.7 Å². The number of carbonyl (C=O) groups is 1. The van der Waals surface area contributed by atoms with E-state index in [0.29, 0.717) is 11.7 Å². The quantitative estimate of drug-likeness (QED) is 0.769. The number of nitrogens with one attached hydrogen (secondary N) is 1. The summed E-state index contributed by atoms with van der Waals surface area (Å²) in [6, 6.07) is 11.5. The number of fused-ring (bicyclic) bond motifs is 1. The van der Waals surface area contributed by atoms with Crippen molar-refractivity contribution in [2.75, 3.05) is 7.11 Å². The summed E-state index contributed by atoms with van der Waals surface area (Å²) in [5.74, 6) is 1.39. The molecule has 3 rings (SSSR count). The fourth-order valence-corrected chi connectivity index (χ4v) is 2.68. The second-order valence-electron chi connectivity index (χ2n) is 6.10. The number of carbonyl (C=O) groups excluding carboxylic acids is 1. The Balaban J connectivity index is 1.76. The van der Waals surface area contributed by atoms with E-state index in [-0.39, 0.29) is 17.9 Å². The third kappa shape index (κ3) is 3.63. The van der Waals surface area contributed by atoms with Gasteiger partial charge in [-0.15, -0.1) is 0 Å². The van der Waals surface area contributed by atoms with Crippen molar-refractivity contribution in [1.29, 1.82) is 0 Å². The average Bonchev–Trinajstić information content (AvgIpc) is 3.06. The third-order valence-corrected chi connectivity index (χ3v) is 4.24. The summed E-state index contributed by atoms with van der Waals surface area (Å²) >= 11 is 0. The maximum absolute atomic E-state index is 12.5. The molecule has 1 heterocycles. The summed E-state index contributed by atoms with van der Waals surface area (Å²) in [5, 5.41) is 8.81. The average molecular weight is 339 g/mol. The molecule has 0 saturated heterocycles. The van der Waals surface area contributed by atoms with Crippen molar-refractivity contribution >= 4 is 16.7 Å². The topological polar surface area (TPSA) is 77.2 Å². The van der Waals surface area contributed by atoms with Gasteiger partial charge in [-0.25, -0.2) is 0 Å². The fraction of sp³-hybridized carbons (Fsp3) is 0.316. The first kappa shape index (κ1) is 17.0. The van der Waals surface area contributed by atoms with Gasteiger partial charge in [-0.2, -0.15) is 4.98 Å². The predicted molar refractivity (Wildman–Crippen MR) is 94.5 cm³/mol. The Morgan fingerprint density at radius 1 is 1.16 bits per heavy atom. The minimum absolute atomic E-state index is 0.0868. The zero-order valence-corrected chi connectivity index (χ0v) is 14.7. The van der Waals surface area contributed by atoms with E-state index in [1.807, 2.05) is 50.2 Å². The maximum atomic E-state index is 12.5. The summed E-state index contributed by atoms with van der Waals surface area (Å²) in [7, 11) is 1.65. The molecular weight excluding hydrogens is 318 g/mol.